The lowest BCUT2D eigenvalue weighted by atomic mass is 9.76. The zero-order chi connectivity index (χ0) is 23.0. The van der Waals surface area contributed by atoms with Gasteiger partial charge >= 0.3 is 0 Å². The number of halogens is 4. The van der Waals surface area contributed by atoms with Gasteiger partial charge in [0.05, 0.1) is 45.9 Å². The van der Waals surface area contributed by atoms with E-state index in [1.54, 1.807) is 24.3 Å². The van der Waals surface area contributed by atoms with E-state index in [2.05, 4.69) is 9.80 Å². The maximum atomic E-state index is 14.1. The maximum absolute atomic E-state index is 14.1. The summed E-state index contributed by atoms with van der Waals surface area (Å²) in [6, 6.07) is 8.20. The van der Waals surface area contributed by atoms with E-state index in [9.17, 15) is 9.59 Å². The van der Waals surface area contributed by atoms with E-state index in [-0.39, 0.29) is 30.1 Å². The molecule has 0 aromatic heterocycles. The van der Waals surface area contributed by atoms with Crippen molar-refractivity contribution < 1.29 is 14.3 Å². The molecule has 7 rings (SSSR count). The van der Waals surface area contributed by atoms with Crippen LogP contribution in [0.1, 0.15) is 5.56 Å². The first-order valence-corrected chi connectivity index (χ1v) is 12.2. The van der Waals surface area contributed by atoms with E-state index >= 15 is 0 Å². The highest BCUT2D eigenvalue weighted by molar-refractivity contribution is 6.37. The van der Waals surface area contributed by atoms with Gasteiger partial charge in [0.2, 0.25) is 11.8 Å². The quantitative estimate of drug-likeness (QED) is 0.413. The Kier molecular flexibility index (Phi) is 4.14. The topological polar surface area (TPSA) is 56.4 Å². The second-order valence-corrected chi connectivity index (χ2v) is 11.2. The highest BCUT2D eigenvalue weighted by Gasteiger charge is 2.78. The Labute approximate surface area is 209 Å². The predicted molar refractivity (Wildman–Crippen MR) is 127 cm³/mol. The van der Waals surface area contributed by atoms with Crippen molar-refractivity contribution in [2.75, 3.05) is 29.9 Å². The van der Waals surface area contributed by atoms with Crippen molar-refractivity contribution in [3.8, 4) is 0 Å². The van der Waals surface area contributed by atoms with Gasteiger partial charge in [-0.1, -0.05) is 46.4 Å². The molecule has 0 aliphatic carbocycles. The lowest BCUT2D eigenvalue weighted by Gasteiger charge is -2.39. The van der Waals surface area contributed by atoms with Gasteiger partial charge in [-0.2, -0.15) is 0 Å². The number of hydrogen-bond acceptors (Lipinski definition) is 5. The number of amides is 2. The van der Waals surface area contributed by atoms with Crippen molar-refractivity contribution in [1.29, 1.82) is 0 Å². The molecule has 33 heavy (non-hydrogen) atoms. The molecule has 6 unspecified atom stereocenters. The molecule has 0 bridgehead atoms. The zero-order valence-electron chi connectivity index (χ0n) is 17.3. The molecule has 2 aromatic carbocycles. The summed E-state index contributed by atoms with van der Waals surface area (Å²) in [5.41, 5.74) is 1.41. The van der Waals surface area contributed by atoms with Crippen LogP contribution in [0.5, 0.6) is 0 Å². The minimum Gasteiger partial charge on any atom is -0.371 e. The van der Waals surface area contributed by atoms with Crippen molar-refractivity contribution in [3.63, 3.8) is 0 Å². The molecular formula is C23H17Cl4N3O3. The summed E-state index contributed by atoms with van der Waals surface area (Å²) in [6.07, 6.45) is 0.0231. The van der Waals surface area contributed by atoms with Gasteiger partial charge in [-0.25, -0.2) is 4.90 Å². The van der Waals surface area contributed by atoms with Crippen LogP contribution >= 0.6 is 46.4 Å². The number of carbonyl (C=O) groups excluding carboxylic acids is 2. The SMILES string of the molecule is CN1CC2(c3cc(Cl)cc(Cl)c31)C1C(=O)N(c3cc(Cl)cc(Cl)c3)C(=O)C1C1C3OC3CN12. The summed E-state index contributed by atoms with van der Waals surface area (Å²) in [7, 11) is 1.96. The molecule has 5 aliphatic heterocycles. The first kappa shape index (κ1) is 20.8. The van der Waals surface area contributed by atoms with Crippen molar-refractivity contribution >= 4 is 69.6 Å². The van der Waals surface area contributed by atoms with Gasteiger partial charge in [0.15, 0.2) is 0 Å². The molecule has 10 heteroatoms. The molecule has 6 atom stereocenters. The number of carbonyl (C=O) groups is 2. The fourth-order valence-corrected chi connectivity index (χ4v) is 8.04. The molecular weight excluding hydrogens is 508 g/mol. The number of ether oxygens (including phenoxy) is 1. The number of morpholine rings is 1. The van der Waals surface area contributed by atoms with Crippen molar-refractivity contribution in [2.24, 2.45) is 11.8 Å². The second kappa shape index (κ2) is 6.56. The second-order valence-electron chi connectivity index (χ2n) is 9.49. The maximum Gasteiger partial charge on any atom is 0.240 e. The van der Waals surface area contributed by atoms with Crippen molar-refractivity contribution in [3.05, 3.63) is 56.0 Å². The Morgan fingerprint density at radius 2 is 1.67 bits per heavy atom. The summed E-state index contributed by atoms with van der Waals surface area (Å²) < 4.78 is 5.87. The molecule has 0 radical (unpaired) electrons. The van der Waals surface area contributed by atoms with Crippen LogP contribution in [0.4, 0.5) is 11.4 Å². The number of imide groups is 1. The van der Waals surface area contributed by atoms with Crippen LogP contribution in [0.25, 0.3) is 0 Å². The first-order valence-electron chi connectivity index (χ1n) is 10.7. The summed E-state index contributed by atoms with van der Waals surface area (Å²) in [6.45, 7) is 1.20. The van der Waals surface area contributed by atoms with Gasteiger partial charge in [-0.15, -0.1) is 0 Å². The zero-order valence-corrected chi connectivity index (χ0v) is 20.3. The Morgan fingerprint density at radius 3 is 2.39 bits per heavy atom. The Bertz CT molecular complexity index is 1270. The highest BCUT2D eigenvalue weighted by atomic mass is 35.5. The number of nitrogens with zero attached hydrogens (tertiary/aromatic N) is 3. The number of fused-ring (bicyclic) bond motifs is 9. The van der Waals surface area contributed by atoms with Crippen LogP contribution in [-0.4, -0.2) is 55.1 Å². The summed E-state index contributed by atoms with van der Waals surface area (Å²) in [5, 5.41) is 1.77. The largest absolute Gasteiger partial charge is 0.371 e. The molecule has 4 fully saturated rings. The highest BCUT2D eigenvalue weighted by Crippen LogP contribution is 2.64. The normalized spacial score (nSPS) is 36.0. The Morgan fingerprint density at radius 1 is 0.970 bits per heavy atom. The molecule has 6 nitrogen and oxygen atoms in total. The summed E-state index contributed by atoms with van der Waals surface area (Å²) in [5.74, 6) is -1.64. The average Bonchev–Trinajstić information content (AvgIpc) is 3.01. The van der Waals surface area contributed by atoms with Gasteiger partial charge in [0, 0.05) is 40.8 Å². The van der Waals surface area contributed by atoms with Gasteiger partial charge in [0.25, 0.3) is 0 Å². The minimum absolute atomic E-state index is 0.0551. The summed E-state index contributed by atoms with van der Waals surface area (Å²) in [4.78, 5) is 33.6. The van der Waals surface area contributed by atoms with Crippen molar-refractivity contribution in [1.82, 2.24) is 4.90 Å². The van der Waals surface area contributed by atoms with Crippen molar-refractivity contribution in [2.45, 2.75) is 23.8 Å². The lowest BCUT2D eigenvalue weighted by Crippen LogP contribution is -2.53. The molecule has 170 valence electrons. The molecule has 2 amide bonds. The Balaban J connectivity index is 1.44. The number of epoxide rings is 1. The summed E-state index contributed by atoms with van der Waals surface area (Å²) >= 11 is 25.5. The standard InChI is InChI=1S/C23H17Cl4N3O3/c1-28-8-23(13-5-11(26)6-14(27)18(13)28)17-16(19-20-15(33-20)7-29(19)23)21(31)30(22(17)32)12-3-9(24)2-10(25)4-12/h2-6,15-17,19-20H,7-8H2,1H3. The number of hydrogen-bond donors (Lipinski definition) is 0. The van der Waals surface area contributed by atoms with Gasteiger partial charge < -0.3 is 9.64 Å². The number of benzene rings is 2. The molecule has 4 saturated heterocycles. The fourth-order valence-electron chi connectivity index (χ4n) is 6.88. The molecule has 5 heterocycles. The van der Waals surface area contributed by atoms with Crippen LogP contribution in [0.15, 0.2) is 30.3 Å². The van der Waals surface area contributed by atoms with E-state index in [1.807, 2.05) is 13.1 Å². The minimum atomic E-state index is -0.728. The van der Waals surface area contributed by atoms with Gasteiger partial charge in [-0.05, 0) is 30.3 Å². The third-order valence-corrected chi connectivity index (χ3v) is 8.84. The number of anilines is 2. The van der Waals surface area contributed by atoms with Crippen LogP contribution in [0.2, 0.25) is 20.1 Å². The van der Waals surface area contributed by atoms with Crippen LogP contribution < -0.4 is 9.80 Å². The Hall–Kier alpha value is -1.54. The molecule has 5 aliphatic rings. The molecule has 2 aromatic rings. The third-order valence-electron chi connectivity index (χ3n) is 7.90. The van der Waals surface area contributed by atoms with Gasteiger partial charge in [-0.3, -0.25) is 14.5 Å². The molecule has 1 spiro atoms. The number of likely N-dealkylation sites (N-methyl/N-ethyl adjacent to an activating group) is 1. The van der Waals surface area contributed by atoms with E-state index < -0.39 is 17.4 Å². The van der Waals surface area contributed by atoms with Crippen LogP contribution in [0.3, 0.4) is 0 Å². The van der Waals surface area contributed by atoms with E-state index in [0.717, 1.165) is 11.3 Å². The monoisotopic (exact) mass is 523 g/mol. The molecule has 0 saturated carbocycles. The van der Waals surface area contributed by atoms with Crippen LogP contribution in [0, 0.1) is 11.8 Å². The smallest absolute Gasteiger partial charge is 0.240 e. The van der Waals surface area contributed by atoms with Crippen LogP contribution in [-0.2, 0) is 19.9 Å². The van der Waals surface area contributed by atoms with Gasteiger partial charge in [0.1, 0.15) is 6.10 Å². The number of rotatable bonds is 1. The molecule has 0 N–H and O–H groups in total. The van der Waals surface area contributed by atoms with E-state index in [4.69, 9.17) is 51.1 Å². The average molecular weight is 525 g/mol. The van der Waals surface area contributed by atoms with E-state index in [1.165, 1.54) is 4.90 Å². The lowest BCUT2D eigenvalue weighted by molar-refractivity contribution is -0.125. The fraction of sp³-hybridized carbons (Fsp3) is 0.391. The third kappa shape index (κ3) is 2.49. The predicted octanol–water partition coefficient (Wildman–Crippen LogP) is 4.22. The van der Waals surface area contributed by atoms with E-state index in [0.29, 0.717) is 38.9 Å². The first-order chi connectivity index (χ1) is 15.7.